The maximum Gasteiger partial charge on any atom is 0.251 e. The first-order valence-electron chi connectivity index (χ1n) is 7.32. The number of aryl methyl sites for hydroxylation is 1. The van der Waals surface area contributed by atoms with E-state index in [-0.39, 0.29) is 5.91 Å². The molecule has 3 nitrogen and oxygen atoms in total. The van der Waals surface area contributed by atoms with Gasteiger partial charge in [0.15, 0.2) is 0 Å². The number of carbonyl (C=O) groups excluding carboxylic acids is 1. The molecule has 0 aliphatic heterocycles. The summed E-state index contributed by atoms with van der Waals surface area (Å²) in [5.41, 5.74) is 1.55. The van der Waals surface area contributed by atoms with Gasteiger partial charge in [0.2, 0.25) is 0 Å². The topological polar surface area (TPSA) is 34.0 Å². The zero-order chi connectivity index (χ0) is 15.4. The number of hydrogen-bond acceptors (Lipinski definition) is 1. The number of amides is 1. The van der Waals surface area contributed by atoms with Gasteiger partial charge < -0.3 is 9.88 Å². The summed E-state index contributed by atoms with van der Waals surface area (Å²) in [5, 5.41) is 4.03. The van der Waals surface area contributed by atoms with Gasteiger partial charge in [-0.3, -0.25) is 4.79 Å². The second-order valence-electron chi connectivity index (χ2n) is 5.19. The summed E-state index contributed by atoms with van der Waals surface area (Å²) in [7, 11) is 0. The fraction of sp³-hybridized carbons (Fsp3) is 0.167. The van der Waals surface area contributed by atoms with Crippen molar-refractivity contribution in [3.8, 4) is 0 Å². The number of nitrogens with one attached hydrogen (secondary N) is 1. The molecule has 1 N–H and O–H groups in total. The lowest BCUT2D eigenvalue weighted by atomic mass is 10.2. The van der Waals surface area contributed by atoms with Crippen molar-refractivity contribution in [1.82, 2.24) is 9.88 Å². The molecule has 0 atom stereocenters. The van der Waals surface area contributed by atoms with E-state index in [4.69, 9.17) is 0 Å². The van der Waals surface area contributed by atoms with Crippen LogP contribution in [0.15, 0.2) is 60.8 Å². The Balaban J connectivity index is 1.52. The van der Waals surface area contributed by atoms with Crippen LogP contribution in [0.25, 0.3) is 10.9 Å². The van der Waals surface area contributed by atoms with Crippen LogP contribution in [0.1, 0.15) is 16.8 Å². The number of halogens is 1. The number of aromatic nitrogens is 1. The average molecular weight is 296 g/mol. The molecule has 0 unspecified atom stereocenters. The first-order chi connectivity index (χ1) is 10.7. The zero-order valence-electron chi connectivity index (χ0n) is 12.1. The molecule has 0 aliphatic rings. The largest absolute Gasteiger partial charge is 0.352 e. The van der Waals surface area contributed by atoms with Crippen LogP contribution in [0.4, 0.5) is 4.39 Å². The summed E-state index contributed by atoms with van der Waals surface area (Å²) < 4.78 is 15.2. The highest BCUT2D eigenvalue weighted by molar-refractivity contribution is 5.94. The van der Waals surface area contributed by atoms with Crippen molar-refractivity contribution in [3.63, 3.8) is 0 Å². The predicted molar refractivity (Wildman–Crippen MR) is 85.3 cm³/mol. The van der Waals surface area contributed by atoms with E-state index >= 15 is 0 Å². The molecule has 3 aromatic rings. The highest BCUT2D eigenvalue weighted by Gasteiger charge is 2.05. The number of hydrogen-bond donors (Lipinski definition) is 1. The van der Waals surface area contributed by atoms with Gasteiger partial charge in [-0.2, -0.15) is 0 Å². The third-order valence-corrected chi connectivity index (χ3v) is 3.63. The van der Waals surface area contributed by atoms with Crippen LogP contribution in [0.5, 0.6) is 0 Å². The number of nitrogens with zero attached hydrogens (tertiary/aromatic N) is 1. The van der Waals surface area contributed by atoms with Crippen LogP contribution in [-0.4, -0.2) is 17.0 Å². The predicted octanol–water partition coefficient (Wildman–Crippen LogP) is 3.60. The molecule has 1 heterocycles. The molecule has 0 aliphatic carbocycles. The molecule has 4 heteroatoms. The van der Waals surface area contributed by atoms with Crippen molar-refractivity contribution in [1.29, 1.82) is 0 Å². The SMILES string of the molecule is O=C(NCCCn1ccc2ccccc21)c1cccc(F)c1. The minimum atomic E-state index is -0.397. The van der Waals surface area contributed by atoms with Gasteiger partial charge in [-0.15, -0.1) is 0 Å². The molecule has 1 aromatic heterocycles. The Morgan fingerprint density at radius 2 is 1.95 bits per heavy atom. The Kier molecular flexibility index (Phi) is 4.19. The molecule has 0 saturated heterocycles. The monoisotopic (exact) mass is 296 g/mol. The minimum absolute atomic E-state index is 0.239. The van der Waals surface area contributed by atoms with Crippen LogP contribution >= 0.6 is 0 Å². The molecule has 2 aromatic carbocycles. The van der Waals surface area contributed by atoms with Crippen molar-refractivity contribution in [3.05, 3.63) is 72.2 Å². The van der Waals surface area contributed by atoms with Crippen LogP contribution in [0, 0.1) is 5.82 Å². The van der Waals surface area contributed by atoms with E-state index in [1.165, 1.54) is 29.1 Å². The lowest BCUT2D eigenvalue weighted by Crippen LogP contribution is -2.25. The summed E-state index contributed by atoms with van der Waals surface area (Å²) in [5.74, 6) is -0.636. The van der Waals surface area contributed by atoms with Crippen LogP contribution in [-0.2, 0) is 6.54 Å². The fourth-order valence-electron chi connectivity index (χ4n) is 2.52. The first-order valence-corrected chi connectivity index (χ1v) is 7.32. The third kappa shape index (κ3) is 3.17. The van der Waals surface area contributed by atoms with Gasteiger partial charge >= 0.3 is 0 Å². The Morgan fingerprint density at radius 1 is 1.09 bits per heavy atom. The van der Waals surface area contributed by atoms with Gasteiger partial charge in [-0.05, 0) is 42.1 Å². The summed E-state index contributed by atoms with van der Waals surface area (Å²) in [6.45, 7) is 1.39. The smallest absolute Gasteiger partial charge is 0.251 e. The number of rotatable bonds is 5. The highest BCUT2D eigenvalue weighted by Crippen LogP contribution is 2.15. The third-order valence-electron chi connectivity index (χ3n) is 3.63. The Hall–Kier alpha value is -2.62. The van der Waals surface area contributed by atoms with Gasteiger partial charge in [-0.25, -0.2) is 4.39 Å². The van der Waals surface area contributed by atoms with E-state index in [1.54, 1.807) is 6.07 Å². The molecule has 0 radical (unpaired) electrons. The summed E-state index contributed by atoms with van der Waals surface area (Å²) in [6.07, 6.45) is 2.87. The number of fused-ring (bicyclic) bond motifs is 1. The van der Waals surface area contributed by atoms with Crippen LogP contribution in [0.2, 0.25) is 0 Å². The lowest BCUT2D eigenvalue weighted by Gasteiger charge is -2.07. The van der Waals surface area contributed by atoms with Crippen LogP contribution in [0.3, 0.4) is 0 Å². The highest BCUT2D eigenvalue weighted by atomic mass is 19.1. The van der Waals surface area contributed by atoms with Gasteiger partial charge in [0.1, 0.15) is 5.82 Å². The van der Waals surface area contributed by atoms with E-state index < -0.39 is 5.82 Å². The standard InChI is InChI=1S/C18H17FN2O/c19-16-7-3-6-15(13-16)18(22)20-10-4-11-21-12-9-14-5-1-2-8-17(14)21/h1-3,5-9,12-13H,4,10-11H2,(H,20,22). The quantitative estimate of drug-likeness (QED) is 0.717. The number of benzene rings is 2. The Labute approximate surface area is 128 Å². The zero-order valence-corrected chi connectivity index (χ0v) is 12.1. The number of carbonyl (C=O) groups is 1. The summed E-state index contributed by atoms with van der Waals surface area (Å²) in [6, 6.07) is 16.0. The second-order valence-corrected chi connectivity index (χ2v) is 5.19. The maximum atomic E-state index is 13.1. The molecule has 0 fully saturated rings. The van der Waals surface area contributed by atoms with Gasteiger partial charge in [0.25, 0.3) is 5.91 Å². The van der Waals surface area contributed by atoms with E-state index in [0.717, 1.165) is 13.0 Å². The molecule has 0 saturated carbocycles. The summed E-state index contributed by atoms with van der Waals surface area (Å²) >= 11 is 0. The molecule has 112 valence electrons. The number of para-hydroxylation sites is 1. The van der Waals surface area contributed by atoms with Gasteiger partial charge in [0.05, 0.1) is 0 Å². The summed E-state index contributed by atoms with van der Waals surface area (Å²) in [4.78, 5) is 11.9. The van der Waals surface area contributed by atoms with Crippen molar-refractivity contribution in [2.24, 2.45) is 0 Å². The van der Waals surface area contributed by atoms with Gasteiger partial charge in [0, 0.05) is 30.4 Å². The van der Waals surface area contributed by atoms with Crippen molar-refractivity contribution in [2.75, 3.05) is 6.54 Å². The van der Waals surface area contributed by atoms with Crippen molar-refractivity contribution >= 4 is 16.8 Å². The van der Waals surface area contributed by atoms with E-state index in [2.05, 4.69) is 34.3 Å². The van der Waals surface area contributed by atoms with E-state index in [9.17, 15) is 9.18 Å². The van der Waals surface area contributed by atoms with Crippen molar-refractivity contribution in [2.45, 2.75) is 13.0 Å². The maximum absolute atomic E-state index is 13.1. The molecule has 1 amide bonds. The lowest BCUT2D eigenvalue weighted by molar-refractivity contribution is 0.0952. The normalized spacial score (nSPS) is 10.8. The molecule has 3 rings (SSSR count). The Morgan fingerprint density at radius 3 is 2.82 bits per heavy atom. The van der Waals surface area contributed by atoms with Crippen molar-refractivity contribution < 1.29 is 9.18 Å². The fourth-order valence-corrected chi connectivity index (χ4v) is 2.52. The molecule has 22 heavy (non-hydrogen) atoms. The van der Waals surface area contributed by atoms with E-state index in [1.807, 2.05) is 12.1 Å². The average Bonchev–Trinajstić information content (AvgIpc) is 2.95. The molecule has 0 bridgehead atoms. The van der Waals surface area contributed by atoms with Gasteiger partial charge in [-0.1, -0.05) is 24.3 Å². The molecule has 0 spiro atoms. The molecular formula is C18H17FN2O. The minimum Gasteiger partial charge on any atom is -0.352 e. The van der Waals surface area contributed by atoms with E-state index in [0.29, 0.717) is 12.1 Å². The first kappa shape index (κ1) is 14.3. The van der Waals surface area contributed by atoms with Crippen LogP contribution < -0.4 is 5.32 Å². The second kappa shape index (κ2) is 6.43. The Bertz CT molecular complexity index is 794. The molecular weight excluding hydrogens is 279 g/mol.